The number of benzene rings is 1. The van der Waals surface area contributed by atoms with Gasteiger partial charge in [0, 0.05) is 6.04 Å². The van der Waals surface area contributed by atoms with Crippen LogP contribution in [0.15, 0.2) is 24.3 Å². The fourth-order valence-corrected chi connectivity index (χ4v) is 1.49. The lowest BCUT2D eigenvalue weighted by molar-refractivity contribution is 0.00695. The lowest BCUT2D eigenvalue weighted by atomic mass is 10.1. The summed E-state index contributed by atoms with van der Waals surface area (Å²) in [6.45, 7) is 7.53. The van der Waals surface area contributed by atoms with Gasteiger partial charge in [-0.2, -0.15) is 0 Å². The van der Waals surface area contributed by atoms with Crippen molar-refractivity contribution in [3.63, 3.8) is 0 Å². The molecule has 1 aromatic carbocycles. The van der Waals surface area contributed by atoms with E-state index in [0.29, 0.717) is 5.56 Å². The van der Waals surface area contributed by atoms with Crippen LogP contribution in [0.1, 0.15) is 43.6 Å². The normalized spacial score (nSPS) is 13.2. The van der Waals surface area contributed by atoms with Gasteiger partial charge in [-0.05, 0) is 51.8 Å². The van der Waals surface area contributed by atoms with Gasteiger partial charge in [0.15, 0.2) is 0 Å². The van der Waals surface area contributed by atoms with E-state index in [-0.39, 0.29) is 12.0 Å². The Labute approximate surface area is 103 Å². The first-order valence-electron chi connectivity index (χ1n) is 5.86. The Hall–Kier alpha value is -1.35. The number of rotatable bonds is 3. The summed E-state index contributed by atoms with van der Waals surface area (Å²) in [5.41, 5.74) is 6.97. The zero-order valence-corrected chi connectivity index (χ0v) is 11.0. The average Bonchev–Trinajstić information content (AvgIpc) is 2.15. The smallest absolute Gasteiger partial charge is 0.338 e. The summed E-state index contributed by atoms with van der Waals surface area (Å²) in [5.74, 6) is -0.287. The monoisotopic (exact) mass is 235 g/mol. The summed E-state index contributed by atoms with van der Waals surface area (Å²) in [5, 5.41) is 0. The summed E-state index contributed by atoms with van der Waals surface area (Å²) in [7, 11) is 0. The molecule has 0 radical (unpaired) electrons. The summed E-state index contributed by atoms with van der Waals surface area (Å²) < 4.78 is 5.28. The summed E-state index contributed by atoms with van der Waals surface area (Å²) >= 11 is 0. The second kappa shape index (κ2) is 5.32. The predicted molar refractivity (Wildman–Crippen MR) is 69.0 cm³/mol. The molecule has 0 aliphatic heterocycles. The Balaban J connectivity index is 2.71. The van der Waals surface area contributed by atoms with Gasteiger partial charge >= 0.3 is 5.97 Å². The van der Waals surface area contributed by atoms with Gasteiger partial charge in [0.1, 0.15) is 5.60 Å². The molecule has 0 aliphatic carbocycles. The molecule has 1 atom stereocenters. The Morgan fingerprint density at radius 1 is 1.29 bits per heavy atom. The van der Waals surface area contributed by atoms with Crippen molar-refractivity contribution in [1.82, 2.24) is 0 Å². The van der Waals surface area contributed by atoms with Gasteiger partial charge < -0.3 is 10.5 Å². The third kappa shape index (κ3) is 5.00. The van der Waals surface area contributed by atoms with Crippen molar-refractivity contribution in [2.75, 3.05) is 0 Å². The maximum absolute atomic E-state index is 11.7. The van der Waals surface area contributed by atoms with Crippen molar-refractivity contribution in [1.29, 1.82) is 0 Å². The van der Waals surface area contributed by atoms with Gasteiger partial charge in [-0.3, -0.25) is 0 Å². The number of hydrogen-bond acceptors (Lipinski definition) is 3. The highest BCUT2D eigenvalue weighted by Crippen LogP contribution is 2.13. The Morgan fingerprint density at radius 3 is 2.24 bits per heavy atom. The Morgan fingerprint density at radius 2 is 1.82 bits per heavy atom. The van der Waals surface area contributed by atoms with Crippen molar-refractivity contribution >= 4 is 5.97 Å². The van der Waals surface area contributed by atoms with Crippen LogP contribution in [0.5, 0.6) is 0 Å². The van der Waals surface area contributed by atoms with Crippen LogP contribution < -0.4 is 5.73 Å². The standard InChI is InChI=1S/C14H21NO2/c1-10(15)9-11-5-7-12(8-6-11)13(16)17-14(2,3)4/h5-8,10H,9,15H2,1-4H3. The van der Waals surface area contributed by atoms with E-state index in [9.17, 15) is 4.79 Å². The predicted octanol–water partition coefficient (Wildman–Crippen LogP) is 2.53. The molecule has 0 fully saturated rings. The first kappa shape index (κ1) is 13.7. The molecule has 2 N–H and O–H groups in total. The molecule has 0 amide bonds. The van der Waals surface area contributed by atoms with Crippen LogP contribution in [0.2, 0.25) is 0 Å². The number of hydrogen-bond donors (Lipinski definition) is 1. The molecule has 3 nitrogen and oxygen atoms in total. The minimum Gasteiger partial charge on any atom is -0.456 e. The van der Waals surface area contributed by atoms with E-state index in [1.54, 1.807) is 12.1 Å². The van der Waals surface area contributed by atoms with Crippen LogP contribution in [0, 0.1) is 0 Å². The van der Waals surface area contributed by atoms with Crippen LogP contribution in [-0.4, -0.2) is 17.6 Å². The molecule has 0 saturated heterocycles. The molecule has 0 saturated carbocycles. The van der Waals surface area contributed by atoms with E-state index in [2.05, 4.69) is 0 Å². The highest BCUT2D eigenvalue weighted by atomic mass is 16.6. The van der Waals surface area contributed by atoms with Gasteiger partial charge in [0.25, 0.3) is 0 Å². The highest BCUT2D eigenvalue weighted by molar-refractivity contribution is 5.89. The topological polar surface area (TPSA) is 52.3 Å². The average molecular weight is 235 g/mol. The zero-order chi connectivity index (χ0) is 13.1. The van der Waals surface area contributed by atoms with Crippen molar-refractivity contribution in [2.24, 2.45) is 5.73 Å². The van der Waals surface area contributed by atoms with Crippen molar-refractivity contribution in [3.05, 3.63) is 35.4 Å². The molecule has 0 bridgehead atoms. The summed E-state index contributed by atoms with van der Waals surface area (Å²) in [4.78, 5) is 11.7. The number of ether oxygens (including phenoxy) is 1. The molecule has 17 heavy (non-hydrogen) atoms. The molecule has 94 valence electrons. The SMILES string of the molecule is CC(N)Cc1ccc(C(=O)OC(C)(C)C)cc1. The largest absolute Gasteiger partial charge is 0.456 e. The van der Waals surface area contributed by atoms with Gasteiger partial charge in [-0.1, -0.05) is 12.1 Å². The molecular formula is C14H21NO2. The van der Waals surface area contributed by atoms with E-state index >= 15 is 0 Å². The first-order chi connectivity index (χ1) is 7.78. The molecule has 1 rings (SSSR count). The van der Waals surface area contributed by atoms with Crippen molar-refractivity contribution < 1.29 is 9.53 Å². The maximum atomic E-state index is 11.7. The summed E-state index contributed by atoms with van der Waals surface area (Å²) in [6, 6.07) is 7.53. The number of carbonyl (C=O) groups excluding carboxylic acids is 1. The van der Waals surface area contributed by atoms with E-state index in [1.165, 1.54) is 0 Å². The summed E-state index contributed by atoms with van der Waals surface area (Å²) in [6.07, 6.45) is 0.814. The molecule has 0 aromatic heterocycles. The second-order valence-electron chi connectivity index (χ2n) is 5.38. The molecule has 1 unspecified atom stereocenters. The van der Waals surface area contributed by atoms with Crippen molar-refractivity contribution in [2.45, 2.75) is 45.8 Å². The number of esters is 1. The van der Waals surface area contributed by atoms with Crippen LogP contribution >= 0.6 is 0 Å². The van der Waals surface area contributed by atoms with Gasteiger partial charge in [-0.15, -0.1) is 0 Å². The lowest BCUT2D eigenvalue weighted by Gasteiger charge is -2.19. The van der Waals surface area contributed by atoms with Gasteiger partial charge in [0.2, 0.25) is 0 Å². The molecule has 3 heteroatoms. The highest BCUT2D eigenvalue weighted by Gasteiger charge is 2.17. The van der Waals surface area contributed by atoms with Crippen LogP contribution in [0.25, 0.3) is 0 Å². The van der Waals surface area contributed by atoms with Gasteiger partial charge in [-0.25, -0.2) is 4.79 Å². The van der Waals surface area contributed by atoms with Crippen LogP contribution in [0.3, 0.4) is 0 Å². The minimum absolute atomic E-state index is 0.127. The van der Waals surface area contributed by atoms with E-state index in [1.807, 2.05) is 39.8 Å². The van der Waals surface area contributed by atoms with Crippen LogP contribution in [0.4, 0.5) is 0 Å². The first-order valence-corrected chi connectivity index (χ1v) is 5.86. The van der Waals surface area contributed by atoms with Crippen molar-refractivity contribution in [3.8, 4) is 0 Å². The second-order valence-corrected chi connectivity index (χ2v) is 5.38. The minimum atomic E-state index is -0.457. The third-order valence-electron chi connectivity index (χ3n) is 2.15. The maximum Gasteiger partial charge on any atom is 0.338 e. The van der Waals surface area contributed by atoms with E-state index < -0.39 is 5.60 Å². The van der Waals surface area contributed by atoms with E-state index in [0.717, 1.165) is 12.0 Å². The zero-order valence-electron chi connectivity index (χ0n) is 11.0. The van der Waals surface area contributed by atoms with Gasteiger partial charge in [0.05, 0.1) is 5.56 Å². The molecule has 0 heterocycles. The fourth-order valence-electron chi connectivity index (χ4n) is 1.49. The number of nitrogens with two attached hydrogens (primary N) is 1. The molecule has 0 aliphatic rings. The molecule has 1 aromatic rings. The lowest BCUT2D eigenvalue weighted by Crippen LogP contribution is -2.24. The Bertz CT molecular complexity index is 374. The number of carbonyl (C=O) groups is 1. The quantitative estimate of drug-likeness (QED) is 0.819. The third-order valence-corrected chi connectivity index (χ3v) is 2.15. The molecular weight excluding hydrogens is 214 g/mol. The molecule has 0 spiro atoms. The van der Waals surface area contributed by atoms with Crippen LogP contribution in [-0.2, 0) is 11.2 Å². The Kier molecular flexibility index (Phi) is 4.29. The fraction of sp³-hybridized carbons (Fsp3) is 0.500. The van der Waals surface area contributed by atoms with E-state index in [4.69, 9.17) is 10.5 Å².